The summed E-state index contributed by atoms with van der Waals surface area (Å²) in [5.74, 6) is -0.454. The summed E-state index contributed by atoms with van der Waals surface area (Å²) in [4.78, 5) is 32.6. The van der Waals surface area contributed by atoms with Gasteiger partial charge in [-0.25, -0.2) is 19.3 Å². The fourth-order valence-electron chi connectivity index (χ4n) is 3.66. The largest absolute Gasteiger partial charge is 0.348 e. The lowest BCUT2D eigenvalue weighted by atomic mass is 9.98. The zero-order valence-corrected chi connectivity index (χ0v) is 18.4. The van der Waals surface area contributed by atoms with Gasteiger partial charge in [0.15, 0.2) is 0 Å². The molecule has 1 N–H and O–H groups in total. The Balaban J connectivity index is 1.59. The van der Waals surface area contributed by atoms with Gasteiger partial charge in [0.25, 0.3) is 5.91 Å². The van der Waals surface area contributed by atoms with E-state index in [2.05, 4.69) is 40.7 Å². The Labute approximate surface area is 180 Å². The molecule has 0 spiro atoms. The summed E-state index contributed by atoms with van der Waals surface area (Å²) in [7, 11) is 0. The lowest BCUT2D eigenvalue weighted by Crippen LogP contribution is -2.40. The molecule has 0 aliphatic carbocycles. The second-order valence-electron chi connectivity index (χ2n) is 8.34. The number of benzene rings is 1. The van der Waals surface area contributed by atoms with Gasteiger partial charge < -0.3 is 9.88 Å². The maximum absolute atomic E-state index is 14.3. The Morgan fingerprint density at radius 2 is 2.10 bits per heavy atom. The third kappa shape index (κ3) is 3.13. The number of para-hydroxylation sites is 1. The number of thiazole rings is 2. The van der Waals surface area contributed by atoms with E-state index in [1.54, 1.807) is 23.5 Å². The van der Waals surface area contributed by atoms with Gasteiger partial charge in [-0.1, -0.05) is 26.8 Å². The molecule has 30 heavy (non-hydrogen) atoms. The maximum Gasteiger partial charge on any atom is 0.266 e. The number of H-pyrrole nitrogens is 1. The van der Waals surface area contributed by atoms with Gasteiger partial charge in [-0.05, 0) is 12.1 Å². The molecule has 6 nitrogen and oxygen atoms in total. The molecule has 1 amide bonds. The molecule has 0 bridgehead atoms. The van der Waals surface area contributed by atoms with Crippen molar-refractivity contribution in [1.82, 2.24) is 24.8 Å². The van der Waals surface area contributed by atoms with Crippen molar-refractivity contribution in [3.05, 3.63) is 62.8 Å². The van der Waals surface area contributed by atoms with Gasteiger partial charge >= 0.3 is 0 Å². The molecule has 0 radical (unpaired) electrons. The minimum absolute atomic E-state index is 0.0959. The van der Waals surface area contributed by atoms with Gasteiger partial charge in [-0.2, -0.15) is 0 Å². The summed E-state index contributed by atoms with van der Waals surface area (Å²) in [5.41, 5.74) is 1.98. The number of nitrogens with one attached hydrogen (secondary N) is 1. The predicted octanol–water partition coefficient (Wildman–Crippen LogP) is 4.70. The summed E-state index contributed by atoms with van der Waals surface area (Å²) < 4.78 is 15.0. The highest BCUT2D eigenvalue weighted by molar-refractivity contribution is 7.18. The molecule has 9 heteroatoms. The van der Waals surface area contributed by atoms with Crippen LogP contribution in [0, 0.1) is 5.82 Å². The molecule has 0 saturated carbocycles. The second-order valence-corrected chi connectivity index (χ2v) is 10.4. The van der Waals surface area contributed by atoms with Crippen LogP contribution in [0.2, 0.25) is 0 Å². The second kappa shape index (κ2) is 6.95. The Hall–Kier alpha value is -2.65. The number of amides is 1. The summed E-state index contributed by atoms with van der Waals surface area (Å²) in [6.07, 6.45) is 3.98. The number of nitrogens with zero attached hydrogens (tertiary/aromatic N) is 4. The third-order valence-electron chi connectivity index (χ3n) is 5.16. The standard InChI is InChI=1S/C21H20FN5OS2/c1-21(2,3)20-23-9-14(30-20)19(28)27-8-7-12-16(25-10-24-12)17(27)18-26-15-11(22)5-4-6-13(15)29-18/h4-6,9-10,17H,7-8H2,1-3H3,(H,24,25)/t17-/m0/s1. The summed E-state index contributed by atoms with van der Waals surface area (Å²) in [6.45, 7) is 6.76. The normalized spacial score (nSPS) is 16.8. The molecule has 154 valence electrons. The van der Waals surface area contributed by atoms with Crippen molar-refractivity contribution in [2.75, 3.05) is 6.54 Å². The molecule has 3 aromatic heterocycles. The van der Waals surface area contributed by atoms with Crippen molar-refractivity contribution in [2.45, 2.75) is 38.6 Å². The van der Waals surface area contributed by atoms with E-state index in [4.69, 9.17) is 0 Å². The average Bonchev–Trinajstić information content (AvgIpc) is 3.44. The van der Waals surface area contributed by atoms with Gasteiger partial charge in [-0.15, -0.1) is 22.7 Å². The lowest BCUT2D eigenvalue weighted by Gasteiger charge is -2.33. The first-order chi connectivity index (χ1) is 14.3. The van der Waals surface area contributed by atoms with Crippen LogP contribution < -0.4 is 0 Å². The number of hydrogen-bond donors (Lipinski definition) is 1. The summed E-state index contributed by atoms with van der Waals surface area (Å²) in [6, 6.07) is 4.47. The quantitative estimate of drug-likeness (QED) is 0.489. The number of rotatable bonds is 2. The highest BCUT2D eigenvalue weighted by Crippen LogP contribution is 2.39. The van der Waals surface area contributed by atoms with Crippen molar-refractivity contribution >= 4 is 38.8 Å². The van der Waals surface area contributed by atoms with Gasteiger partial charge in [0.2, 0.25) is 0 Å². The zero-order valence-electron chi connectivity index (χ0n) is 16.8. The van der Waals surface area contributed by atoms with E-state index in [-0.39, 0.29) is 17.1 Å². The highest BCUT2D eigenvalue weighted by Gasteiger charge is 2.37. The average molecular weight is 442 g/mol. The first-order valence-corrected chi connectivity index (χ1v) is 11.3. The fourth-order valence-corrected chi connectivity index (χ4v) is 5.68. The lowest BCUT2D eigenvalue weighted by molar-refractivity contribution is 0.0695. The molecule has 4 aromatic rings. The molecule has 0 saturated heterocycles. The molecule has 5 rings (SSSR count). The van der Waals surface area contributed by atoms with Crippen molar-refractivity contribution in [3.63, 3.8) is 0 Å². The maximum atomic E-state index is 14.3. The Morgan fingerprint density at radius 1 is 1.27 bits per heavy atom. The molecular weight excluding hydrogens is 421 g/mol. The molecule has 1 aromatic carbocycles. The van der Waals surface area contributed by atoms with E-state index in [1.165, 1.54) is 28.7 Å². The van der Waals surface area contributed by atoms with Gasteiger partial charge in [0.05, 0.1) is 27.9 Å². The van der Waals surface area contributed by atoms with E-state index in [9.17, 15) is 9.18 Å². The van der Waals surface area contributed by atoms with E-state index in [0.717, 1.165) is 21.1 Å². The van der Waals surface area contributed by atoms with Crippen LogP contribution in [0.1, 0.15) is 57.9 Å². The minimum atomic E-state index is -0.454. The van der Waals surface area contributed by atoms with Crippen LogP contribution in [0.25, 0.3) is 10.2 Å². The molecular formula is C21H20FN5OS2. The van der Waals surface area contributed by atoms with Crippen molar-refractivity contribution in [2.24, 2.45) is 0 Å². The fraction of sp³-hybridized carbons (Fsp3) is 0.333. The smallest absolute Gasteiger partial charge is 0.266 e. The van der Waals surface area contributed by atoms with Crippen LogP contribution in [0.5, 0.6) is 0 Å². The highest BCUT2D eigenvalue weighted by atomic mass is 32.1. The van der Waals surface area contributed by atoms with Gasteiger partial charge in [0.1, 0.15) is 27.3 Å². The zero-order chi connectivity index (χ0) is 21.0. The number of carbonyl (C=O) groups is 1. The molecule has 1 atom stereocenters. The Kier molecular flexibility index (Phi) is 4.48. The first-order valence-electron chi connectivity index (χ1n) is 9.67. The number of imidazole rings is 1. The first kappa shape index (κ1) is 19.3. The van der Waals surface area contributed by atoms with Crippen molar-refractivity contribution in [1.29, 1.82) is 0 Å². The summed E-state index contributed by atoms with van der Waals surface area (Å²) in [5, 5.41) is 1.58. The number of fused-ring (bicyclic) bond motifs is 2. The minimum Gasteiger partial charge on any atom is -0.348 e. The van der Waals surface area contributed by atoms with Crippen LogP contribution in [0.4, 0.5) is 4.39 Å². The van der Waals surface area contributed by atoms with Crippen molar-refractivity contribution in [3.8, 4) is 0 Å². The third-order valence-corrected chi connectivity index (χ3v) is 7.65. The molecule has 1 aliphatic rings. The van der Waals surface area contributed by atoms with Gasteiger partial charge in [-0.3, -0.25) is 4.79 Å². The Bertz CT molecular complexity index is 1250. The van der Waals surface area contributed by atoms with Crippen molar-refractivity contribution < 1.29 is 9.18 Å². The van der Waals surface area contributed by atoms with Crippen LogP contribution in [0.15, 0.2) is 30.7 Å². The molecule has 1 aliphatic heterocycles. The van der Waals surface area contributed by atoms with Crippen LogP contribution >= 0.6 is 22.7 Å². The number of hydrogen-bond acceptors (Lipinski definition) is 6. The number of halogens is 1. The topological polar surface area (TPSA) is 74.8 Å². The van der Waals surface area contributed by atoms with Crippen LogP contribution in [-0.4, -0.2) is 37.3 Å². The Morgan fingerprint density at radius 3 is 2.83 bits per heavy atom. The SMILES string of the molecule is CC(C)(C)c1ncc(C(=O)N2CCc3[nH]cnc3[C@H]2c2nc3c(F)cccc3s2)s1. The van der Waals surface area contributed by atoms with E-state index in [0.29, 0.717) is 28.4 Å². The predicted molar refractivity (Wildman–Crippen MR) is 116 cm³/mol. The van der Waals surface area contributed by atoms with Crippen LogP contribution in [-0.2, 0) is 11.8 Å². The van der Waals surface area contributed by atoms with E-state index in [1.807, 2.05) is 6.07 Å². The summed E-state index contributed by atoms with van der Waals surface area (Å²) >= 11 is 2.82. The molecule has 0 fully saturated rings. The number of aromatic amines is 1. The number of aromatic nitrogens is 4. The van der Waals surface area contributed by atoms with Gasteiger partial charge in [0, 0.05) is 24.1 Å². The van der Waals surface area contributed by atoms with E-state index >= 15 is 0 Å². The van der Waals surface area contributed by atoms with Crippen LogP contribution in [0.3, 0.4) is 0 Å². The number of carbonyl (C=O) groups excluding carboxylic acids is 1. The molecule has 0 unspecified atom stereocenters. The monoisotopic (exact) mass is 441 g/mol. The van der Waals surface area contributed by atoms with E-state index < -0.39 is 6.04 Å². The molecule has 4 heterocycles.